The van der Waals surface area contributed by atoms with E-state index in [0.29, 0.717) is 0 Å². The molecule has 3 rings (SSSR count). The van der Waals surface area contributed by atoms with Crippen LogP contribution in [0.3, 0.4) is 0 Å². The topological polar surface area (TPSA) is 25.8 Å². The van der Waals surface area contributed by atoms with E-state index in [2.05, 4.69) is 50.2 Å². The summed E-state index contributed by atoms with van der Waals surface area (Å²) in [5.74, 6) is 0. The van der Waals surface area contributed by atoms with Gasteiger partial charge in [-0.05, 0) is 49.9 Å². The van der Waals surface area contributed by atoms with E-state index in [1.807, 2.05) is 23.7 Å². The Labute approximate surface area is 225 Å². The number of hydrogen-bond donors (Lipinski definition) is 0. The first-order valence-corrected chi connectivity index (χ1v) is 15.6. The van der Waals surface area contributed by atoms with Crippen LogP contribution in [0.25, 0.3) is 21.7 Å². The van der Waals surface area contributed by atoms with Crippen molar-refractivity contribution in [2.75, 3.05) is 0 Å². The molecule has 3 aromatic heterocycles. The van der Waals surface area contributed by atoms with E-state index in [9.17, 15) is 0 Å². The average Bonchev–Trinajstić information content (AvgIpc) is 3.39. The van der Waals surface area contributed by atoms with Gasteiger partial charge in [-0.3, -0.25) is 9.97 Å². The molecule has 0 amide bonds. The molecule has 36 heavy (non-hydrogen) atoms. The van der Waals surface area contributed by atoms with E-state index in [4.69, 9.17) is 9.97 Å². The van der Waals surface area contributed by atoms with Crippen molar-refractivity contribution in [2.24, 2.45) is 0 Å². The molecule has 196 valence electrons. The summed E-state index contributed by atoms with van der Waals surface area (Å²) < 4.78 is 0. The summed E-state index contributed by atoms with van der Waals surface area (Å²) in [6.45, 7) is 4.56. The van der Waals surface area contributed by atoms with Crippen LogP contribution in [0.2, 0.25) is 0 Å². The van der Waals surface area contributed by atoms with Gasteiger partial charge in [-0.25, -0.2) is 0 Å². The minimum Gasteiger partial charge on any atom is -0.261 e. The molecule has 0 aliphatic carbocycles. The van der Waals surface area contributed by atoms with Crippen LogP contribution in [0.1, 0.15) is 121 Å². The summed E-state index contributed by atoms with van der Waals surface area (Å²) in [7, 11) is 0. The maximum atomic E-state index is 4.78. The molecule has 0 unspecified atom stereocenters. The zero-order chi connectivity index (χ0) is 25.3. The highest BCUT2D eigenvalue weighted by Crippen LogP contribution is 2.29. The molecule has 0 bridgehead atoms. The van der Waals surface area contributed by atoms with Crippen LogP contribution in [-0.4, -0.2) is 9.97 Å². The quantitative estimate of drug-likeness (QED) is 0.152. The molecule has 0 saturated heterocycles. The number of rotatable bonds is 19. The van der Waals surface area contributed by atoms with Crippen molar-refractivity contribution < 1.29 is 0 Å². The second-order valence-corrected chi connectivity index (χ2v) is 11.5. The Morgan fingerprint density at radius 3 is 1.64 bits per heavy atom. The van der Waals surface area contributed by atoms with Gasteiger partial charge in [0.1, 0.15) is 0 Å². The van der Waals surface area contributed by atoms with Crippen molar-refractivity contribution in [1.29, 1.82) is 0 Å². The van der Waals surface area contributed by atoms with Gasteiger partial charge in [0.25, 0.3) is 0 Å². The first-order valence-electron chi connectivity index (χ1n) is 14.8. The summed E-state index contributed by atoms with van der Waals surface area (Å²) in [4.78, 5) is 12.3. The third-order valence-electron chi connectivity index (χ3n) is 7.15. The van der Waals surface area contributed by atoms with Crippen LogP contribution < -0.4 is 0 Å². The minimum atomic E-state index is 1.08. The summed E-state index contributed by atoms with van der Waals surface area (Å²) >= 11 is 1.90. The van der Waals surface area contributed by atoms with Crippen LogP contribution in [0.4, 0.5) is 0 Å². The van der Waals surface area contributed by atoms with Crippen molar-refractivity contribution >= 4 is 11.3 Å². The molecule has 0 atom stereocenters. The molecule has 0 radical (unpaired) electrons. The van der Waals surface area contributed by atoms with E-state index < -0.39 is 0 Å². The van der Waals surface area contributed by atoms with Gasteiger partial charge in [0, 0.05) is 34.1 Å². The van der Waals surface area contributed by atoms with Crippen LogP contribution in [0.15, 0.2) is 48.8 Å². The summed E-state index contributed by atoms with van der Waals surface area (Å²) in [5.41, 5.74) is 4.58. The zero-order valence-corrected chi connectivity index (χ0v) is 23.8. The molecular formula is C33H48N2S. The van der Waals surface area contributed by atoms with E-state index in [1.54, 1.807) is 0 Å². The fourth-order valence-corrected chi connectivity index (χ4v) is 5.83. The summed E-state index contributed by atoms with van der Waals surface area (Å²) in [5, 5.41) is 0. The standard InChI is InChI=1S/C33H48N2S/c1-3-5-7-9-11-13-14-16-18-30-22-20-28(26-34-30)29-21-24-32(35-27-29)33-25-23-31(36-33)19-17-15-12-10-8-6-4-2/h20-27H,3-19H2,1-2H3. The Morgan fingerprint density at radius 2 is 1.08 bits per heavy atom. The van der Waals surface area contributed by atoms with Crippen LogP contribution in [-0.2, 0) is 12.8 Å². The van der Waals surface area contributed by atoms with Crippen molar-refractivity contribution in [3.63, 3.8) is 0 Å². The monoisotopic (exact) mass is 504 g/mol. The lowest BCUT2D eigenvalue weighted by atomic mass is 10.1. The lowest BCUT2D eigenvalue weighted by Gasteiger charge is -2.05. The highest BCUT2D eigenvalue weighted by Gasteiger charge is 2.06. The lowest BCUT2D eigenvalue weighted by Crippen LogP contribution is -1.91. The predicted octanol–water partition coefficient (Wildman–Crippen LogP) is 10.8. The maximum Gasteiger partial charge on any atom is 0.0802 e. The largest absolute Gasteiger partial charge is 0.261 e. The van der Waals surface area contributed by atoms with Gasteiger partial charge in [-0.2, -0.15) is 0 Å². The van der Waals surface area contributed by atoms with E-state index in [-0.39, 0.29) is 0 Å². The summed E-state index contributed by atoms with van der Waals surface area (Å²) in [6.07, 6.45) is 26.7. The summed E-state index contributed by atoms with van der Waals surface area (Å²) in [6, 6.07) is 13.3. The van der Waals surface area contributed by atoms with Gasteiger partial charge in [0.2, 0.25) is 0 Å². The van der Waals surface area contributed by atoms with Crippen molar-refractivity contribution in [1.82, 2.24) is 9.97 Å². The molecule has 0 saturated carbocycles. The second-order valence-electron chi connectivity index (χ2n) is 10.3. The number of pyridine rings is 2. The fourth-order valence-electron chi connectivity index (χ4n) is 4.80. The lowest BCUT2D eigenvalue weighted by molar-refractivity contribution is 0.574. The molecule has 3 heterocycles. The molecular weight excluding hydrogens is 456 g/mol. The number of aryl methyl sites for hydroxylation is 2. The molecule has 0 aromatic carbocycles. The van der Waals surface area contributed by atoms with Gasteiger partial charge in [0.15, 0.2) is 0 Å². The van der Waals surface area contributed by atoms with E-state index >= 15 is 0 Å². The van der Waals surface area contributed by atoms with Gasteiger partial charge >= 0.3 is 0 Å². The Balaban J connectivity index is 1.39. The predicted molar refractivity (Wildman–Crippen MR) is 159 cm³/mol. The van der Waals surface area contributed by atoms with E-state index in [0.717, 1.165) is 23.2 Å². The van der Waals surface area contributed by atoms with Gasteiger partial charge in [-0.1, -0.05) is 109 Å². The third kappa shape index (κ3) is 10.5. The molecule has 3 aromatic rings. The van der Waals surface area contributed by atoms with Crippen LogP contribution in [0, 0.1) is 0 Å². The second kappa shape index (κ2) is 17.5. The molecule has 0 fully saturated rings. The van der Waals surface area contributed by atoms with Gasteiger partial charge < -0.3 is 0 Å². The van der Waals surface area contributed by atoms with Gasteiger partial charge in [-0.15, -0.1) is 11.3 Å². The minimum absolute atomic E-state index is 1.08. The van der Waals surface area contributed by atoms with E-state index in [1.165, 1.54) is 118 Å². The molecule has 0 aliphatic heterocycles. The number of nitrogens with zero attached hydrogens (tertiary/aromatic N) is 2. The molecule has 0 spiro atoms. The van der Waals surface area contributed by atoms with Gasteiger partial charge in [0.05, 0.1) is 10.6 Å². The fraction of sp³-hybridized carbons (Fsp3) is 0.576. The van der Waals surface area contributed by atoms with Crippen molar-refractivity contribution in [3.05, 3.63) is 59.4 Å². The number of aromatic nitrogens is 2. The molecule has 3 heteroatoms. The Bertz CT molecular complexity index is 943. The first kappa shape index (κ1) is 28.6. The molecule has 2 nitrogen and oxygen atoms in total. The SMILES string of the molecule is CCCCCCCCCCc1ccc(-c2ccc(-c3ccc(CCCCCCCCC)s3)nc2)cn1. The smallest absolute Gasteiger partial charge is 0.0802 e. The molecule has 0 N–H and O–H groups in total. The average molecular weight is 505 g/mol. The Morgan fingerprint density at radius 1 is 0.528 bits per heavy atom. The Kier molecular flexibility index (Phi) is 13.9. The van der Waals surface area contributed by atoms with Crippen molar-refractivity contribution in [2.45, 2.75) is 123 Å². The third-order valence-corrected chi connectivity index (χ3v) is 8.32. The van der Waals surface area contributed by atoms with Crippen molar-refractivity contribution in [3.8, 4) is 21.7 Å². The highest BCUT2D eigenvalue weighted by atomic mass is 32.1. The zero-order valence-electron chi connectivity index (χ0n) is 22.9. The maximum absolute atomic E-state index is 4.78. The van der Waals surface area contributed by atoms with Crippen LogP contribution in [0.5, 0.6) is 0 Å². The highest BCUT2D eigenvalue weighted by molar-refractivity contribution is 7.15. The normalized spacial score (nSPS) is 11.3. The molecule has 0 aliphatic rings. The Hall–Kier alpha value is -2.00. The number of hydrogen-bond acceptors (Lipinski definition) is 3. The first-order chi connectivity index (χ1) is 17.8. The van der Waals surface area contributed by atoms with Crippen LogP contribution >= 0.6 is 11.3 Å². The number of unbranched alkanes of at least 4 members (excludes halogenated alkanes) is 13. The number of thiophene rings is 1.